The minimum Gasteiger partial charge on any atom is -0.368 e. The number of nitrogens with one attached hydrogen (secondary N) is 1. The van der Waals surface area contributed by atoms with Gasteiger partial charge in [-0.05, 0) is 36.8 Å². The first kappa shape index (κ1) is 20.4. The summed E-state index contributed by atoms with van der Waals surface area (Å²) in [6, 6.07) is 15.8. The number of carbonyl (C=O) groups excluding carboxylic acids is 3. The summed E-state index contributed by atoms with van der Waals surface area (Å²) in [6.45, 7) is 4.18. The first-order valence-corrected chi connectivity index (χ1v) is 9.68. The Bertz CT molecular complexity index is 859. The quantitative estimate of drug-likeness (QED) is 0.735. The molecule has 2 aromatic rings. The van der Waals surface area contributed by atoms with Crippen LogP contribution >= 0.6 is 0 Å². The molecule has 1 fully saturated rings. The molecule has 1 aliphatic rings. The van der Waals surface area contributed by atoms with Crippen LogP contribution in [0.2, 0.25) is 0 Å². The molecule has 3 amide bonds. The van der Waals surface area contributed by atoms with Gasteiger partial charge in [0.25, 0.3) is 0 Å². The summed E-state index contributed by atoms with van der Waals surface area (Å²) in [5.74, 6) is 0.0312. The lowest BCUT2D eigenvalue weighted by molar-refractivity contribution is -0.132. The largest absolute Gasteiger partial charge is 0.368 e. The summed E-state index contributed by atoms with van der Waals surface area (Å²) in [7, 11) is 0. The average molecular weight is 394 g/mol. The number of primary amides is 1. The number of nitrogens with two attached hydrogens (primary N) is 1. The number of piperazine rings is 1. The smallest absolute Gasteiger partial charge is 0.312 e. The van der Waals surface area contributed by atoms with Gasteiger partial charge in [0, 0.05) is 37.4 Å². The van der Waals surface area contributed by atoms with E-state index >= 15 is 0 Å². The molecular formula is C22H26N4O3. The van der Waals surface area contributed by atoms with Gasteiger partial charge < -0.3 is 20.9 Å². The van der Waals surface area contributed by atoms with Crippen molar-refractivity contribution in [3.8, 4) is 0 Å². The van der Waals surface area contributed by atoms with Gasteiger partial charge >= 0.3 is 6.03 Å². The zero-order valence-electron chi connectivity index (χ0n) is 16.5. The van der Waals surface area contributed by atoms with E-state index in [0.29, 0.717) is 31.7 Å². The lowest BCUT2D eigenvalue weighted by Gasteiger charge is -2.36. The average Bonchev–Trinajstić information content (AvgIpc) is 2.73. The van der Waals surface area contributed by atoms with E-state index in [1.54, 1.807) is 6.92 Å². The van der Waals surface area contributed by atoms with Crippen LogP contribution in [0.4, 0.5) is 10.5 Å². The van der Waals surface area contributed by atoms with Crippen molar-refractivity contribution in [2.45, 2.75) is 19.4 Å². The molecule has 3 rings (SSSR count). The Kier molecular flexibility index (Phi) is 6.49. The highest BCUT2D eigenvalue weighted by atomic mass is 16.2. The molecule has 1 aliphatic heterocycles. The highest BCUT2D eigenvalue weighted by molar-refractivity contribution is 5.94. The third kappa shape index (κ3) is 5.34. The number of urea groups is 1. The van der Waals surface area contributed by atoms with E-state index in [1.165, 1.54) is 0 Å². The molecule has 2 aromatic carbocycles. The fourth-order valence-corrected chi connectivity index (χ4v) is 3.53. The topological polar surface area (TPSA) is 95.7 Å². The Morgan fingerprint density at radius 3 is 2.14 bits per heavy atom. The van der Waals surface area contributed by atoms with Crippen LogP contribution in [0, 0.1) is 0 Å². The Morgan fingerprint density at radius 1 is 0.966 bits per heavy atom. The number of hydrogen-bond acceptors (Lipinski definition) is 4. The molecule has 0 unspecified atom stereocenters. The zero-order chi connectivity index (χ0) is 20.8. The molecule has 0 aliphatic carbocycles. The minimum atomic E-state index is -0.648. The fourth-order valence-electron chi connectivity index (χ4n) is 3.53. The number of Topliss-reactive ketones (excluding diaryl/α,β-unsaturated/α-hetero) is 1. The van der Waals surface area contributed by atoms with Gasteiger partial charge in [0.2, 0.25) is 5.91 Å². The van der Waals surface area contributed by atoms with Crippen molar-refractivity contribution in [2.75, 3.05) is 31.1 Å². The molecule has 7 heteroatoms. The van der Waals surface area contributed by atoms with Crippen LogP contribution in [0.3, 0.4) is 0 Å². The van der Waals surface area contributed by atoms with Crippen LogP contribution in [0.5, 0.6) is 0 Å². The first-order valence-electron chi connectivity index (χ1n) is 9.68. The Balaban J connectivity index is 1.58. The van der Waals surface area contributed by atoms with E-state index in [9.17, 15) is 14.4 Å². The van der Waals surface area contributed by atoms with Crippen molar-refractivity contribution in [2.24, 2.45) is 5.73 Å². The number of benzene rings is 2. The van der Waals surface area contributed by atoms with Crippen molar-refractivity contribution < 1.29 is 14.4 Å². The maximum Gasteiger partial charge on any atom is 0.312 e. The second-order valence-corrected chi connectivity index (χ2v) is 7.15. The van der Waals surface area contributed by atoms with Gasteiger partial charge in [-0.2, -0.15) is 0 Å². The molecule has 1 saturated heterocycles. The van der Waals surface area contributed by atoms with Crippen molar-refractivity contribution in [3.05, 3.63) is 65.7 Å². The number of ketones is 1. The number of rotatable bonds is 6. The molecule has 0 bridgehead atoms. The second-order valence-electron chi connectivity index (χ2n) is 7.15. The van der Waals surface area contributed by atoms with E-state index in [-0.39, 0.29) is 18.1 Å². The van der Waals surface area contributed by atoms with E-state index in [4.69, 9.17) is 5.73 Å². The molecule has 3 N–H and O–H groups in total. The van der Waals surface area contributed by atoms with Crippen LogP contribution < -0.4 is 16.0 Å². The van der Waals surface area contributed by atoms with Crippen LogP contribution in [-0.2, 0) is 4.79 Å². The summed E-state index contributed by atoms with van der Waals surface area (Å²) in [5.41, 5.74) is 7.88. The van der Waals surface area contributed by atoms with Gasteiger partial charge in [0.05, 0.1) is 12.5 Å². The van der Waals surface area contributed by atoms with Crippen molar-refractivity contribution in [1.82, 2.24) is 10.2 Å². The number of hydrogen-bond donors (Lipinski definition) is 2. The highest BCUT2D eigenvalue weighted by Crippen LogP contribution is 2.21. The monoisotopic (exact) mass is 394 g/mol. The summed E-state index contributed by atoms with van der Waals surface area (Å²) in [6.07, 6.45) is 0.167. The van der Waals surface area contributed by atoms with Gasteiger partial charge in [-0.1, -0.05) is 30.3 Å². The predicted octanol–water partition coefficient (Wildman–Crippen LogP) is 2.34. The molecule has 0 aromatic heterocycles. The molecular weight excluding hydrogens is 368 g/mol. The van der Waals surface area contributed by atoms with Gasteiger partial charge in [-0.25, -0.2) is 4.79 Å². The molecule has 7 nitrogen and oxygen atoms in total. The normalized spacial score (nSPS) is 14.9. The van der Waals surface area contributed by atoms with Gasteiger partial charge in [-0.3, -0.25) is 9.59 Å². The molecule has 0 spiro atoms. The summed E-state index contributed by atoms with van der Waals surface area (Å²) in [5, 5.41) is 2.67. The van der Waals surface area contributed by atoms with Crippen LogP contribution in [0.15, 0.2) is 54.6 Å². The molecule has 0 radical (unpaired) electrons. The van der Waals surface area contributed by atoms with Gasteiger partial charge in [0.1, 0.15) is 0 Å². The first-order chi connectivity index (χ1) is 13.9. The number of amides is 3. The zero-order valence-corrected chi connectivity index (χ0v) is 16.5. The lowest BCUT2D eigenvalue weighted by atomic mass is 10.0. The highest BCUT2D eigenvalue weighted by Gasteiger charge is 2.25. The molecule has 152 valence electrons. The fraction of sp³-hybridized carbons (Fsp3) is 0.318. The Morgan fingerprint density at radius 2 is 1.59 bits per heavy atom. The number of nitrogens with zero attached hydrogens (tertiary/aromatic N) is 2. The van der Waals surface area contributed by atoms with Crippen LogP contribution in [0.25, 0.3) is 0 Å². The molecule has 29 heavy (non-hydrogen) atoms. The SMILES string of the molecule is CC(=O)c1ccc(N2CCN(C(=O)C[C@@H](NC(N)=O)c3ccccc3)CC2)cc1. The predicted molar refractivity (Wildman–Crippen MR) is 112 cm³/mol. The third-order valence-corrected chi connectivity index (χ3v) is 5.17. The van der Waals surface area contributed by atoms with Crippen LogP contribution in [-0.4, -0.2) is 48.8 Å². The van der Waals surface area contributed by atoms with E-state index in [0.717, 1.165) is 11.3 Å². The maximum atomic E-state index is 12.8. The van der Waals surface area contributed by atoms with Crippen LogP contribution in [0.1, 0.15) is 35.3 Å². The second kappa shape index (κ2) is 9.23. The third-order valence-electron chi connectivity index (χ3n) is 5.17. The van der Waals surface area contributed by atoms with Gasteiger partial charge in [-0.15, -0.1) is 0 Å². The Labute approximate surface area is 170 Å². The van der Waals surface area contributed by atoms with E-state index in [2.05, 4.69) is 10.2 Å². The summed E-state index contributed by atoms with van der Waals surface area (Å²) in [4.78, 5) is 39.6. The van der Waals surface area contributed by atoms with Crippen molar-refractivity contribution >= 4 is 23.4 Å². The minimum absolute atomic E-state index is 0.0146. The number of carbonyl (C=O) groups is 3. The molecule has 1 atom stereocenters. The Hall–Kier alpha value is -3.35. The van der Waals surface area contributed by atoms with E-state index in [1.807, 2.05) is 59.5 Å². The van der Waals surface area contributed by atoms with E-state index < -0.39 is 12.1 Å². The standard InChI is InChI=1S/C22H26N4O3/c1-16(27)17-7-9-19(10-8-17)25-11-13-26(14-12-25)21(28)15-20(24-22(23)29)18-5-3-2-4-6-18/h2-10,20H,11-15H2,1H3,(H3,23,24,29)/t20-/m1/s1. The van der Waals surface area contributed by atoms with Crippen molar-refractivity contribution in [3.63, 3.8) is 0 Å². The summed E-state index contributed by atoms with van der Waals surface area (Å²) >= 11 is 0. The summed E-state index contributed by atoms with van der Waals surface area (Å²) < 4.78 is 0. The maximum absolute atomic E-state index is 12.8. The molecule has 0 saturated carbocycles. The molecule has 1 heterocycles. The number of anilines is 1. The van der Waals surface area contributed by atoms with Gasteiger partial charge in [0.15, 0.2) is 5.78 Å². The lowest BCUT2D eigenvalue weighted by Crippen LogP contribution is -2.49. The van der Waals surface area contributed by atoms with Crippen molar-refractivity contribution in [1.29, 1.82) is 0 Å².